The van der Waals surface area contributed by atoms with E-state index in [0.29, 0.717) is 11.6 Å². The lowest BCUT2D eigenvalue weighted by atomic mass is 9.78. The molecule has 1 aliphatic heterocycles. The fourth-order valence-electron chi connectivity index (χ4n) is 3.41. The minimum Gasteiger partial charge on any atom is -0.359 e. The van der Waals surface area contributed by atoms with Crippen LogP contribution in [0.5, 0.6) is 0 Å². The highest BCUT2D eigenvalue weighted by atomic mass is 32.2. The van der Waals surface area contributed by atoms with E-state index in [-0.39, 0.29) is 0 Å². The van der Waals surface area contributed by atoms with Crippen molar-refractivity contribution in [2.24, 2.45) is 10.9 Å². The third kappa shape index (κ3) is 5.17. The number of thioether (sulfide) groups is 1. The van der Waals surface area contributed by atoms with Gasteiger partial charge in [-0.2, -0.15) is 0 Å². The van der Waals surface area contributed by atoms with Crippen molar-refractivity contribution in [1.82, 2.24) is 10.2 Å². The number of nitrogens with one attached hydrogen (secondary N) is 1. The molecule has 0 aromatic rings. The lowest BCUT2D eigenvalue weighted by Gasteiger charge is -2.36. The molecule has 1 aliphatic carbocycles. The summed E-state index contributed by atoms with van der Waals surface area (Å²) in [5, 5.41) is 4.97. The van der Waals surface area contributed by atoms with Crippen LogP contribution in [0.1, 0.15) is 59.3 Å². The predicted octanol–water partition coefficient (Wildman–Crippen LogP) is 3.75. The molecule has 0 aromatic heterocycles. The molecule has 1 saturated carbocycles. The summed E-state index contributed by atoms with van der Waals surface area (Å²) in [4.78, 5) is 7.20. The number of rotatable bonds is 6. The summed E-state index contributed by atoms with van der Waals surface area (Å²) in [7, 11) is 2.21. The zero-order chi connectivity index (χ0) is 15.3. The second-order valence-electron chi connectivity index (χ2n) is 7.36. The summed E-state index contributed by atoms with van der Waals surface area (Å²) in [5.74, 6) is 2.10. The second kappa shape index (κ2) is 7.87. The van der Waals surface area contributed by atoms with Gasteiger partial charge in [-0.1, -0.05) is 31.5 Å². The molecule has 1 saturated heterocycles. The Labute approximate surface area is 135 Å². The van der Waals surface area contributed by atoms with Gasteiger partial charge in [0, 0.05) is 23.9 Å². The molecule has 3 nitrogen and oxygen atoms in total. The molecule has 2 aliphatic rings. The maximum absolute atomic E-state index is 4.79. The first kappa shape index (κ1) is 17.1. The molecule has 21 heavy (non-hydrogen) atoms. The number of hydrogen-bond acceptors (Lipinski definition) is 3. The van der Waals surface area contributed by atoms with Crippen molar-refractivity contribution >= 4 is 16.9 Å². The van der Waals surface area contributed by atoms with Crippen LogP contribution in [0.15, 0.2) is 4.99 Å². The van der Waals surface area contributed by atoms with E-state index in [1.165, 1.54) is 56.0 Å². The van der Waals surface area contributed by atoms with E-state index in [0.717, 1.165) is 12.5 Å². The van der Waals surface area contributed by atoms with Gasteiger partial charge in [-0.15, -0.1) is 0 Å². The van der Waals surface area contributed by atoms with E-state index < -0.39 is 0 Å². The normalized spacial score (nSPS) is 31.5. The Hall–Kier alpha value is -0.220. The number of aliphatic imine (C=N–C) groups is 1. The lowest BCUT2D eigenvalue weighted by Crippen LogP contribution is -2.47. The largest absolute Gasteiger partial charge is 0.359 e. The average Bonchev–Trinajstić information content (AvgIpc) is 2.80. The van der Waals surface area contributed by atoms with Gasteiger partial charge in [0.05, 0.1) is 0 Å². The van der Waals surface area contributed by atoms with E-state index in [1.54, 1.807) is 0 Å². The minimum absolute atomic E-state index is 0.374. The highest BCUT2D eigenvalue weighted by Gasteiger charge is 2.40. The zero-order valence-corrected chi connectivity index (χ0v) is 15.1. The fourth-order valence-corrected chi connectivity index (χ4v) is 4.63. The van der Waals surface area contributed by atoms with E-state index in [9.17, 15) is 0 Å². The average molecular weight is 312 g/mol. The van der Waals surface area contributed by atoms with Crippen LogP contribution in [0.2, 0.25) is 0 Å². The summed E-state index contributed by atoms with van der Waals surface area (Å²) >= 11 is 1.95. The number of hydrogen-bond donors (Lipinski definition) is 1. The SMILES string of the molecule is CC1CCCC2(CSC(=NCCCCN(C)C(C)C)N2)C1. The van der Waals surface area contributed by atoms with Crippen LogP contribution in [-0.2, 0) is 0 Å². The van der Waals surface area contributed by atoms with Gasteiger partial charge in [0.2, 0.25) is 0 Å². The van der Waals surface area contributed by atoms with Crippen molar-refractivity contribution in [3.05, 3.63) is 0 Å². The zero-order valence-electron chi connectivity index (χ0n) is 14.3. The Bertz CT molecular complexity index is 356. The third-order valence-corrected chi connectivity index (χ3v) is 6.21. The molecule has 4 heteroatoms. The smallest absolute Gasteiger partial charge is 0.157 e. The summed E-state index contributed by atoms with van der Waals surface area (Å²) in [6.45, 7) is 9.07. The molecule has 2 atom stereocenters. The Morgan fingerprint density at radius 2 is 2.24 bits per heavy atom. The van der Waals surface area contributed by atoms with E-state index in [1.807, 2.05) is 11.8 Å². The van der Waals surface area contributed by atoms with Crippen molar-refractivity contribution < 1.29 is 0 Å². The maximum Gasteiger partial charge on any atom is 0.157 e. The molecule has 2 fully saturated rings. The molecule has 1 spiro atoms. The van der Waals surface area contributed by atoms with Gasteiger partial charge in [-0.3, -0.25) is 4.99 Å². The van der Waals surface area contributed by atoms with Gasteiger partial charge in [0.25, 0.3) is 0 Å². The Balaban J connectivity index is 1.67. The predicted molar refractivity (Wildman–Crippen MR) is 95.3 cm³/mol. The number of unbranched alkanes of at least 4 members (excludes halogenated alkanes) is 1. The van der Waals surface area contributed by atoms with Crippen LogP contribution in [0.4, 0.5) is 0 Å². The topological polar surface area (TPSA) is 27.6 Å². The summed E-state index contributed by atoms with van der Waals surface area (Å²) in [6, 6.07) is 0.650. The molecular formula is C17H33N3S. The maximum atomic E-state index is 4.79. The molecule has 0 aromatic carbocycles. The summed E-state index contributed by atoms with van der Waals surface area (Å²) in [6.07, 6.45) is 7.90. The van der Waals surface area contributed by atoms with Gasteiger partial charge < -0.3 is 10.2 Å². The lowest BCUT2D eigenvalue weighted by molar-refractivity contribution is 0.242. The van der Waals surface area contributed by atoms with Gasteiger partial charge >= 0.3 is 0 Å². The molecule has 1 N–H and O–H groups in total. The first-order chi connectivity index (χ1) is 10.0. The first-order valence-corrected chi connectivity index (χ1v) is 9.65. The van der Waals surface area contributed by atoms with Crippen LogP contribution in [0, 0.1) is 5.92 Å². The fraction of sp³-hybridized carbons (Fsp3) is 0.941. The van der Waals surface area contributed by atoms with Gasteiger partial charge in [-0.25, -0.2) is 0 Å². The third-order valence-electron chi connectivity index (χ3n) is 5.00. The van der Waals surface area contributed by atoms with Gasteiger partial charge in [-0.05, 0) is 59.0 Å². The Kier molecular flexibility index (Phi) is 6.42. The minimum atomic E-state index is 0.374. The van der Waals surface area contributed by atoms with Crippen molar-refractivity contribution in [2.75, 3.05) is 25.9 Å². The van der Waals surface area contributed by atoms with Crippen LogP contribution >= 0.6 is 11.8 Å². The molecule has 2 unspecified atom stereocenters. The Morgan fingerprint density at radius 3 is 2.95 bits per heavy atom. The van der Waals surface area contributed by atoms with Crippen LogP contribution in [-0.4, -0.2) is 47.5 Å². The van der Waals surface area contributed by atoms with Crippen molar-refractivity contribution in [3.8, 4) is 0 Å². The molecule has 0 amide bonds. The summed E-state index contributed by atoms with van der Waals surface area (Å²) in [5.41, 5.74) is 0.374. The van der Waals surface area contributed by atoms with Crippen molar-refractivity contribution in [2.45, 2.75) is 70.9 Å². The van der Waals surface area contributed by atoms with Crippen LogP contribution in [0.3, 0.4) is 0 Å². The molecule has 1 heterocycles. The summed E-state index contributed by atoms with van der Waals surface area (Å²) < 4.78 is 0. The van der Waals surface area contributed by atoms with E-state index >= 15 is 0 Å². The Morgan fingerprint density at radius 1 is 1.43 bits per heavy atom. The molecule has 0 radical (unpaired) electrons. The molecule has 0 bridgehead atoms. The quantitative estimate of drug-likeness (QED) is 0.757. The highest BCUT2D eigenvalue weighted by molar-refractivity contribution is 8.14. The van der Waals surface area contributed by atoms with Gasteiger partial charge in [0.1, 0.15) is 0 Å². The van der Waals surface area contributed by atoms with Gasteiger partial charge in [0.15, 0.2) is 5.17 Å². The molecule has 2 rings (SSSR count). The highest BCUT2D eigenvalue weighted by Crippen LogP contribution is 2.38. The van der Waals surface area contributed by atoms with Crippen LogP contribution in [0.25, 0.3) is 0 Å². The first-order valence-electron chi connectivity index (χ1n) is 8.66. The number of nitrogens with zero attached hydrogens (tertiary/aromatic N) is 2. The van der Waals surface area contributed by atoms with Crippen molar-refractivity contribution in [3.63, 3.8) is 0 Å². The number of amidine groups is 1. The van der Waals surface area contributed by atoms with Crippen molar-refractivity contribution in [1.29, 1.82) is 0 Å². The molecule has 122 valence electrons. The monoisotopic (exact) mass is 311 g/mol. The van der Waals surface area contributed by atoms with Crippen LogP contribution < -0.4 is 5.32 Å². The molecular weight excluding hydrogens is 278 g/mol. The second-order valence-corrected chi connectivity index (χ2v) is 8.33. The van der Waals surface area contributed by atoms with E-state index in [4.69, 9.17) is 4.99 Å². The standard InChI is InChI=1S/C17H33N3S/c1-14(2)20(4)11-6-5-10-18-16-19-17(13-21-16)9-7-8-15(3)12-17/h14-15H,5-13H2,1-4H3,(H,18,19). The van der Waals surface area contributed by atoms with E-state index in [2.05, 4.69) is 38.0 Å².